The molecule has 1 unspecified atom stereocenters. The lowest BCUT2D eigenvalue weighted by Crippen LogP contribution is -2.20. The van der Waals surface area contributed by atoms with Gasteiger partial charge < -0.3 is 9.73 Å². The Kier molecular flexibility index (Phi) is 3.99. The largest absolute Gasteiger partial charge is 0.418 e. The second-order valence-corrected chi connectivity index (χ2v) is 3.83. The zero-order valence-electron chi connectivity index (χ0n) is 10.4. The van der Waals surface area contributed by atoms with Crippen LogP contribution in [-0.2, 0) is 0 Å². The molecular weight excluding hydrogens is 235 g/mol. The first kappa shape index (κ1) is 12.6. The highest BCUT2D eigenvalue weighted by Crippen LogP contribution is 2.20. The number of pyridine rings is 1. The summed E-state index contributed by atoms with van der Waals surface area (Å²) in [5.74, 6) is 0.444. The minimum absolute atomic E-state index is 0.0386. The number of aromatic nitrogens is 3. The first-order chi connectivity index (χ1) is 8.74. The van der Waals surface area contributed by atoms with Crippen LogP contribution in [0.25, 0.3) is 11.6 Å². The van der Waals surface area contributed by atoms with Crippen LogP contribution in [0.5, 0.6) is 0 Å². The molecule has 2 heterocycles. The Labute approximate surface area is 104 Å². The van der Waals surface area contributed by atoms with Gasteiger partial charge in [0.1, 0.15) is 11.5 Å². The van der Waals surface area contributed by atoms with Crippen LogP contribution in [0.3, 0.4) is 0 Å². The third-order valence-electron chi connectivity index (χ3n) is 2.54. The first-order valence-electron chi connectivity index (χ1n) is 5.93. The molecule has 0 aliphatic rings. The SMILES string of the molecule is CCNC(CC)c1nnc(-c2ccc(F)cn2)o1. The number of hydrogen-bond acceptors (Lipinski definition) is 5. The van der Waals surface area contributed by atoms with Crippen molar-refractivity contribution in [2.45, 2.75) is 26.3 Å². The fraction of sp³-hybridized carbons (Fsp3) is 0.417. The summed E-state index contributed by atoms with van der Waals surface area (Å²) in [4.78, 5) is 3.90. The summed E-state index contributed by atoms with van der Waals surface area (Å²) in [6, 6.07) is 2.87. The van der Waals surface area contributed by atoms with Gasteiger partial charge in [-0.1, -0.05) is 13.8 Å². The highest BCUT2D eigenvalue weighted by molar-refractivity contribution is 5.45. The van der Waals surface area contributed by atoms with E-state index in [-0.39, 0.29) is 6.04 Å². The minimum Gasteiger partial charge on any atom is -0.418 e. The topological polar surface area (TPSA) is 63.8 Å². The van der Waals surface area contributed by atoms with E-state index >= 15 is 0 Å². The van der Waals surface area contributed by atoms with Gasteiger partial charge in [-0.15, -0.1) is 10.2 Å². The normalized spacial score (nSPS) is 12.6. The predicted molar refractivity (Wildman–Crippen MR) is 64.2 cm³/mol. The number of nitrogens with one attached hydrogen (secondary N) is 1. The minimum atomic E-state index is -0.391. The summed E-state index contributed by atoms with van der Waals surface area (Å²) < 4.78 is 18.3. The van der Waals surface area contributed by atoms with Gasteiger partial charge in [0.05, 0.1) is 12.2 Å². The maximum Gasteiger partial charge on any atom is 0.266 e. The summed E-state index contributed by atoms with van der Waals surface area (Å²) in [5, 5.41) is 11.2. The van der Waals surface area contributed by atoms with E-state index in [1.165, 1.54) is 12.1 Å². The number of nitrogens with zero attached hydrogens (tertiary/aromatic N) is 3. The van der Waals surface area contributed by atoms with Crippen molar-refractivity contribution in [1.82, 2.24) is 20.5 Å². The average molecular weight is 250 g/mol. The molecule has 96 valence electrons. The van der Waals surface area contributed by atoms with Gasteiger partial charge in [0.15, 0.2) is 0 Å². The standard InChI is InChI=1S/C12H15FN4O/c1-3-9(14-4-2)11-16-17-12(18-11)10-6-5-8(13)7-15-10/h5-7,9,14H,3-4H2,1-2H3. The molecule has 0 bridgehead atoms. The van der Waals surface area contributed by atoms with Gasteiger partial charge >= 0.3 is 0 Å². The predicted octanol–water partition coefficient (Wildman–Crippen LogP) is 2.33. The van der Waals surface area contributed by atoms with Crippen molar-refractivity contribution < 1.29 is 8.81 Å². The van der Waals surface area contributed by atoms with Crippen LogP contribution >= 0.6 is 0 Å². The Bertz CT molecular complexity index is 497. The molecule has 0 saturated heterocycles. The summed E-state index contributed by atoms with van der Waals surface area (Å²) in [5.41, 5.74) is 0.474. The van der Waals surface area contributed by atoms with E-state index in [0.29, 0.717) is 17.5 Å². The van der Waals surface area contributed by atoms with Crippen molar-refractivity contribution in [3.63, 3.8) is 0 Å². The molecule has 0 aromatic carbocycles. The zero-order valence-corrected chi connectivity index (χ0v) is 10.4. The lowest BCUT2D eigenvalue weighted by molar-refractivity contribution is 0.401. The van der Waals surface area contributed by atoms with E-state index in [9.17, 15) is 4.39 Å². The van der Waals surface area contributed by atoms with Gasteiger partial charge in [0, 0.05) is 0 Å². The molecule has 0 spiro atoms. The molecule has 0 aliphatic carbocycles. The van der Waals surface area contributed by atoms with Gasteiger partial charge in [-0.2, -0.15) is 0 Å². The summed E-state index contributed by atoms with van der Waals surface area (Å²) >= 11 is 0. The molecule has 18 heavy (non-hydrogen) atoms. The maximum atomic E-state index is 12.8. The van der Waals surface area contributed by atoms with Crippen molar-refractivity contribution in [2.24, 2.45) is 0 Å². The quantitative estimate of drug-likeness (QED) is 0.882. The molecule has 1 N–H and O–H groups in total. The second-order valence-electron chi connectivity index (χ2n) is 3.83. The molecule has 0 saturated carbocycles. The molecule has 6 heteroatoms. The third-order valence-corrected chi connectivity index (χ3v) is 2.54. The van der Waals surface area contributed by atoms with E-state index in [4.69, 9.17) is 4.42 Å². The number of rotatable bonds is 5. The third kappa shape index (κ3) is 2.70. The zero-order chi connectivity index (χ0) is 13.0. The highest BCUT2D eigenvalue weighted by atomic mass is 19.1. The van der Waals surface area contributed by atoms with Gasteiger partial charge in [-0.3, -0.25) is 0 Å². The monoisotopic (exact) mass is 250 g/mol. The Morgan fingerprint density at radius 3 is 2.78 bits per heavy atom. The van der Waals surface area contributed by atoms with Crippen molar-refractivity contribution in [2.75, 3.05) is 6.54 Å². The van der Waals surface area contributed by atoms with Gasteiger partial charge in [0.25, 0.3) is 5.89 Å². The van der Waals surface area contributed by atoms with E-state index in [1.807, 2.05) is 13.8 Å². The lowest BCUT2D eigenvalue weighted by Gasteiger charge is -2.09. The van der Waals surface area contributed by atoms with Crippen LogP contribution in [0.1, 0.15) is 32.2 Å². The molecule has 2 aromatic heterocycles. The van der Waals surface area contributed by atoms with Crippen LogP contribution in [0.4, 0.5) is 4.39 Å². The first-order valence-corrected chi connectivity index (χ1v) is 5.93. The Morgan fingerprint density at radius 1 is 1.33 bits per heavy atom. The molecule has 2 rings (SSSR count). The molecule has 5 nitrogen and oxygen atoms in total. The fourth-order valence-electron chi connectivity index (χ4n) is 1.63. The van der Waals surface area contributed by atoms with Crippen LogP contribution in [-0.4, -0.2) is 21.7 Å². The van der Waals surface area contributed by atoms with Crippen molar-refractivity contribution in [3.05, 3.63) is 30.0 Å². The number of hydrogen-bond donors (Lipinski definition) is 1. The molecule has 0 radical (unpaired) electrons. The van der Waals surface area contributed by atoms with E-state index in [2.05, 4.69) is 20.5 Å². The number of halogens is 1. The molecular formula is C12H15FN4O. The van der Waals surface area contributed by atoms with Gasteiger partial charge in [-0.25, -0.2) is 9.37 Å². The Hall–Kier alpha value is -1.82. The average Bonchev–Trinajstić information content (AvgIpc) is 2.86. The van der Waals surface area contributed by atoms with Crippen LogP contribution in [0.15, 0.2) is 22.7 Å². The lowest BCUT2D eigenvalue weighted by atomic mass is 10.2. The van der Waals surface area contributed by atoms with Crippen molar-refractivity contribution >= 4 is 0 Å². The van der Waals surface area contributed by atoms with E-state index in [0.717, 1.165) is 19.2 Å². The molecule has 1 atom stereocenters. The Morgan fingerprint density at radius 2 is 2.17 bits per heavy atom. The van der Waals surface area contributed by atoms with E-state index < -0.39 is 5.82 Å². The maximum absolute atomic E-state index is 12.8. The molecule has 2 aromatic rings. The molecule has 0 fully saturated rings. The molecule has 0 amide bonds. The fourth-order valence-corrected chi connectivity index (χ4v) is 1.63. The Balaban J connectivity index is 2.21. The smallest absolute Gasteiger partial charge is 0.266 e. The summed E-state index contributed by atoms with van der Waals surface area (Å²) in [6.45, 7) is 4.87. The van der Waals surface area contributed by atoms with Crippen molar-refractivity contribution in [1.29, 1.82) is 0 Å². The van der Waals surface area contributed by atoms with Crippen LogP contribution in [0, 0.1) is 5.82 Å². The van der Waals surface area contributed by atoms with E-state index in [1.54, 1.807) is 0 Å². The van der Waals surface area contributed by atoms with Gasteiger partial charge in [0.2, 0.25) is 5.89 Å². The van der Waals surface area contributed by atoms with Crippen LogP contribution in [0.2, 0.25) is 0 Å². The summed E-state index contributed by atoms with van der Waals surface area (Å²) in [7, 11) is 0. The van der Waals surface area contributed by atoms with Gasteiger partial charge in [-0.05, 0) is 25.1 Å². The second kappa shape index (κ2) is 5.68. The molecule has 0 aliphatic heterocycles. The van der Waals surface area contributed by atoms with Crippen molar-refractivity contribution in [3.8, 4) is 11.6 Å². The summed E-state index contributed by atoms with van der Waals surface area (Å²) in [6.07, 6.45) is 1.98. The highest BCUT2D eigenvalue weighted by Gasteiger charge is 2.17. The van der Waals surface area contributed by atoms with Crippen LogP contribution < -0.4 is 5.32 Å².